The van der Waals surface area contributed by atoms with Crippen molar-refractivity contribution >= 4 is 49.6 Å². The molecule has 0 radical (unpaired) electrons. The molecule has 10 rings (SSSR count). The van der Waals surface area contributed by atoms with Gasteiger partial charge >= 0.3 is 11.6 Å². The Bertz CT molecular complexity index is 3100. The fourth-order valence-electron chi connectivity index (χ4n) is 6.72. The quantitative estimate of drug-likeness (QED) is 0.122. The third-order valence-electron chi connectivity index (χ3n) is 9.67. The summed E-state index contributed by atoms with van der Waals surface area (Å²) in [5.74, 6) is -0.330. The summed E-state index contributed by atoms with van der Waals surface area (Å²) in [7, 11) is 0. The van der Waals surface area contributed by atoms with E-state index in [9.17, 15) is 20.2 Å². The van der Waals surface area contributed by atoms with E-state index in [1.165, 1.54) is 29.1 Å². The van der Waals surface area contributed by atoms with Gasteiger partial charge < -0.3 is 29.8 Å². The van der Waals surface area contributed by atoms with Crippen LogP contribution in [0.5, 0.6) is 0 Å². The Morgan fingerprint density at radius 3 is 1.57 bits per heavy atom. The zero-order valence-electron chi connectivity index (χ0n) is 32.1. The molecule has 0 fully saturated rings. The highest BCUT2D eigenvalue weighted by atomic mass is 79.9. The number of aromatic amines is 1. The molecule has 0 amide bonds. The van der Waals surface area contributed by atoms with Crippen LogP contribution in [0, 0.1) is 20.2 Å². The molecule has 0 aliphatic carbocycles. The van der Waals surface area contributed by atoms with Gasteiger partial charge in [0.05, 0.1) is 11.1 Å². The van der Waals surface area contributed by atoms with Gasteiger partial charge in [0.25, 0.3) is 0 Å². The van der Waals surface area contributed by atoms with Crippen molar-refractivity contribution in [2.75, 3.05) is 0 Å². The van der Waals surface area contributed by atoms with Crippen molar-refractivity contribution < 1.29 is 9.85 Å². The number of halogens is 1. The molecule has 0 saturated carbocycles. The third kappa shape index (κ3) is 9.12. The number of H-pyrrole nitrogens is 1. The topological polar surface area (TPSA) is 159 Å². The first-order valence-corrected chi connectivity index (χ1v) is 19.7. The molecular formula is C48H33BrN8O4. The Labute approximate surface area is 357 Å². The number of rotatable bonds is 7. The van der Waals surface area contributed by atoms with Crippen LogP contribution in [0.3, 0.4) is 0 Å². The molecule has 296 valence electrons. The minimum Gasteiger partial charge on any atom is -0.358 e. The van der Waals surface area contributed by atoms with Crippen LogP contribution in [0.1, 0.15) is 0 Å². The van der Waals surface area contributed by atoms with Crippen molar-refractivity contribution in [2.24, 2.45) is 0 Å². The van der Waals surface area contributed by atoms with Crippen molar-refractivity contribution in [3.8, 4) is 50.2 Å². The highest BCUT2D eigenvalue weighted by Gasteiger charge is 2.18. The van der Waals surface area contributed by atoms with Gasteiger partial charge in [0, 0.05) is 56.8 Å². The van der Waals surface area contributed by atoms with E-state index in [4.69, 9.17) is 0 Å². The van der Waals surface area contributed by atoms with Crippen LogP contribution in [0.2, 0.25) is 0 Å². The van der Waals surface area contributed by atoms with Crippen LogP contribution in [0.15, 0.2) is 199 Å². The molecule has 0 aliphatic rings. The van der Waals surface area contributed by atoms with Gasteiger partial charge in [-0.15, -0.1) is 0 Å². The minimum atomic E-state index is -0.489. The van der Waals surface area contributed by atoms with Crippen LogP contribution in [-0.2, 0) is 0 Å². The van der Waals surface area contributed by atoms with Gasteiger partial charge in [-0.25, -0.2) is 9.97 Å². The SMILES string of the molecule is Brc1ccc(-c2ccccc2)cc1.O=[N+]([O-])c1ncccc1-c1cnc2[nH]ccc2c1.O=[N+]([O-])c1ncccc1-c1cnc2c(ccn2-c2ccc(-c3ccccc3)cc2)c1. The molecular weight excluding hydrogens is 832 g/mol. The number of pyridine rings is 4. The fraction of sp³-hybridized carbons (Fsp3) is 0. The van der Waals surface area contributed by atoms with E-state index in [-0.39, 0.29) is 11.6 Å². The number of nitrogens with one attached hydrogen (secondary N) is 1. The van der Waals surface area contributed by atoms with Gasteiger partial charge in [-0.1, -0.05) is 101 Å². The van der Waals surface area contributed by atoms with E-state index >= 15 is 0 Å². The Kier molecular flexibility index (Phi) is 11.8. The van der Waals surface area contributed by atoms with Crippen LogP contribution < -0.4 is 0 Å². The van der Waals surface area contributed by atoms with Crippen LogP contribution >= 0.6 is 15.9 Å². The fourth-order valence-corrected chi connectivity index (χ4v) is 6.98. The summed E-state index contributed by atoms with van der Waals surface area (Å²) in [5.41, 5.74) is 9.65. The Morgan fingerprint density at radius 2 is 1.02 bits per heavy atom. The van der Waals surface area contributed by atoms with E-state index < -0.39 is 9.85 Å². The summed E-state index contributed by atoms with van der Waals surface area (Å²) in [6.07, 6.45) is 9.81. The molecule has 0 bridgehead atoms. The molecule has 6 heterocycles. The van der Waals surface area contributed by atoms with E-state index in [1.54, 1.807) is 42.9 Å². The van der Waals surface area contributed by atoms with Crippen molar-refractivity contribution in [3.05, 3.63) is 220 Å². The van der Waals surface area contributed by atoms with E-state index in [2.05, 4.69) is 126 Å². The number of hydrogen-bond acceptors (Lipinski definition) is 8. The number of nitrogens with zero attached hydrogens (tertiary/aromatic N) is 7. The molecule has 0 unspecified atom stereocenters. The van der Waals surface area contributed by atoms with E-state index in [1.807, 2.05) is 59.3 Å². The summed E-state index contributed by atoms with van der Waals surface area (Å²) in [6, 6.07) is 51.5. The smallest absolute Gasteiger partial charge is 0.358 e. The largest absolute Gasteiger partial charge is 0.371 e. The highest BCUT2D eigenvalue weighted by Crippen LogP contribution is 2.31. The Morgan fingerprint density at radius 1 is 0.508 bits per heavy atom. The highest BCUT2D eigenvalue weighted by molar-refractivity contribution is 9.10. The lowest BCUT2D eigenvalue weighted by Crippen LogP contribution is -1.96. The molecule has 12 nitrogen and oxygen atoms in total. The van der Waals surface area contributed by atoms with Crippen LogP contribution in [0.4, 0.5) is 11.6 Å². The monoisotopic (exact) mass is 864 g/mol. The zero-order valence-corrected chi connectivity index (χ0v) is 33.7. The summed E-state index contributed by atoms with van der Waals surface area (Å²) in [5, 5.41) is 24.0. The second kappa shape index (κ2) is 18.2. The first kappa shape index (κ1) is 39.7. The summed E-state index contributed by atoms with van der Waals surface area (Å²) in [4.78, 5) is 40.7. The van der Waals surface area contributed by atoms with Crippen LogP contribution in [-0.4, -0.2) is 39.3 Å². The molecule has 13 heteroatoms. The maximum absolute atomic E-state index is 11.3. The second-order valence-corrected chi connectivity index (χ2v) is 14.4. The first-order valence-electron chi connectivity index (χ1n) is 18.9. The van der Waals surface area contributed by atoms with Gasteiger partial charge in [-0.05, 0) is 115 Å². The lowest BCUT2D eigenvalue weighted by atomic mass is 10.1. The van der Waals surface area contributed by atoms with Crippen molar-refractivity contribution in [1.82, 2.24) is 29.5 Å². The van der Waals surface area contributed by atoms with Gasteiger partial charge in [0.15, 0.2) is 0 Å². The summed E-state index contributed by atoms with van der Waals surface area (Å²) in [6.45, 7) is 0. The molecule has 6 aromatic heterocycles. The summed E-state index contributed by atoms with van der Waals surface area (Å²) < 4.78 is 3.12. The molecule has 61 heavy (non-hydrogen) atoms. The number of nitro groups is 2. The van der Waals surface area contributed by atoms with Gasteiger partial charge in [-0.2, -0.15) is 0 Å². The maximum Gasteiger partial charge on any atom is 0.371 e. The standard InChI is InChI=1S/C24H16N4O2.C12H9Br.C12H8N4O2/c29-28(30)24-22(7-4-13-25-24)20-15-19-12-14-27(23(19)26-16-20)21-10-8-18(9-11-21)17-5-2-1-3-6-17;13-12-8-6-11(7-9-12)10-4-2-1-3-5-10;17-16(18)12-10(2-1-4-14-12)9-6-8-3-5-13-11(8)15-7-9/h1-16H;1-9H;1-7H,(H,13,15). The number of aromatic nitrogens is 6. The predicted molar refractivity (Wildman–Crippen MR) is 242 cm³/mol. The van der Waals surface area contributed by atoms with Crippen LogP contribution in [0.25, 0.3) is 72.3 Å². The lowest BCUT2D eigenvalue weighted by Gasteiger charge is -2.08. The van der Waals surface area contributed by atoms with Crippen molar-refractivity contribution in [1.29, 1.82) is 0 Å². The van der Waals surface area contributed by atoms with Crippen molar-refractivity contribution in [2.45, 2.75) is 0 Å². The normalized spacial score (nSPS) is 10.6. The minimum absolute atomic E-state index is 0.158. The average Bonchev–Trinajstić information content (AvgIpc) is 3.97. The molecule has 0 aliphatic heterocycles. The summed E-state index contributed by atoms with van der Waals surface area (Å²) >= 11 is 3.42. The molecule has 0 saturated heterocycles. The van der Waals surface area contributed by atoms with E-state index in [0.717, 1.165) is 37.8 Å². The van der Waals surface area contributed by atoms with Crippen molar-refractivity contribution in [3.63, 3.8) is 0 Å². The zero-order chi connectivity index (χ0) is 42.1. The average molecular weight is 866 g/mol. The third-order valence-corrected chi connectivity index (χ3v) is 10.2. The molecule has 0 atom stereocenters. The molecule has 4 aromatic carbocycles. The van der Waals surface area contributed by atoms with Gasteiger partial charge in [0.1, 0.15) is 23.7 Å². The molecule has 10 aromatic rings. The van der Waals surface area contributed by atoms with Gasteiger partial charge in [0.2, 0.25) is 0 Å². The van der Waals surface area contributed by atoms with E-state index in [0.29, 0.717) is 22.3 Å². The Balaban J connectivity index is 0.000000140. The second-order valence-electron chi connectivity index (χ2n) is 13.5. The first-order chi connectivity index (χ1) is 29.8. The Hall–Kier alpha value is -8.16. The number of fused-ring (bicyclic) bond motifs is 2. The predicted octanol–water partition coefficient (Wildman–Crippen LogP) is 12.3. The number of benzene rings is 4. The number of hydrogen-bond donors (Lipinski definition) is 1. The lowest BCUT2D eigenvalue weighted by molar-refractivity contribution is -0.388. The molecule has 1 N–H and O–H groups in total. The molecule has 0 spiro atoms. The maximum atomic E-state index is 11.3. The van der Waals surface area contributed by atoms with Gasteiger partial charge in [-0.3, -0.25) is 0 Å².